The average molecular weight is 258 g/mol. The van der Waals surface area contributed by atoms with Crippen molar-refractivity contribution < 1.29 is 3.58 Å². The molecule has 0 bridgehead atoms. The van der Waals surface area contributed by atoms with Gasteiger partial charge in [0.25, 0.3) is 0 Å². The molecule has 0 amide bonds. The minimum atomic E-state index is -1.04. The predicted octanol–water partition coefficient (Wildman–Crippen LogP) is 3.30. The molecule has 0 aliphatic carbocycles. The molecule has 2 aromatic carbocycles. The molecule has 2 rings (SSSR count). The lowest BCUT2D eigenvalue weighted by atomic mass is 10.4. The van der Waals surface area contributed by atoms with Gasteiger partial charge in [-0.2, -0.15) is 0 Å². The Kier molecular flexibility index (Phi) is 4.78. The summed E-state index contributed by atoms with van der Waals surface area (Å²) in [5, 5.41) is 2.60. The highest BCUT2D eigenvalue weighted by Gasteiger charge is 2.18. The molecule has 0 saturated heterocycles. The Morgan fingerprint density at radius 1 is 0.765 bits per heavy atom. The second-order valence-corrected chi connectivity index (χ2v) is 8.68. The summed E-state index contributed by atoms with van der Waals surface area (Å²) in [5.74, 6) is 4.45. The first-order valence-corrected chi connectivity index (χ1v) is 9.88. The Morgan fingerprint density at radius 2 is 1.18 bits per heavy atom. The lowest BCUT2D eigenvalue weighted by Gasteiger charge is -2.20. The Bertz CT molecular complexity index is 405. The molecule has 3 heteroatoms. The van der Waals surface area contributed by atoms with E-state index in [1.54, 1.807) is 0 Å². The third-order valence-electron chi connectivity index (χ3n) is 2.30. The zero-order valence-electron chi connectivity index (χ0n) is 10.2. The van der Waals surface area contributed by atoms with Gasteiger partial charge in [-0.05, 0) is 0 Å². The van der Waals surface area contributed by atoms with E-state index in [9.17, 15) is 0 Å². The molecule has 0 aliphatic heterocycles. The highest BCUT2D eigenvalue weighted by atomic mass is 31.1. The summed E-state index contributed by atoms with van der Waals surface area (Å²) < 4.78 is 6.23. The lowest BCUT2D eigenvalue weighted by molar-refractivity contribution is 0.662. The fraction of sp³-hybridized carbons (Fsp3) is 0.143. The molecule has 0 saturated carbocycles. The molecule has 0 unspecified atom stereocenters. The van der Waals surface area contributed by atoms with Crippen LogP contribution in [-0.4, -0.2) is 14.5 Å². The normalized spacial score (nSPS) is 10.5. The molecule has 86 valence electrons. The summed E-state index contributed by atoms with van der Waals surface area (Å²) in [7, 11) is -0.629. The van der Waals surface area contributed by atoms with Gasteiger partial charge in [0.2, 0.25) is 0 Å². The van der Waals surface area contributed by atoms with Crippen molar-refractivity contribution in [1.29, 1.82) is 0 Å². The van der Waals surface area contributed by atoms with Crippen LogP contribution in [0.4, 0.5) is 0 Å². The van der Waals surface area contributed by atoms with Crippen molar-refractivity contribution in [2.24, 2.45) is 0 Å². The van der Waals surface area contributed by atoms with Gasteiger partial charge in [-0.3, -0.25) is 0 Å². The Balaban J connectivity index is 2.32. The molecule has 0 aromatic heterocycles. The molecule has 0 N–H and O–H groups in total. The van der Waals surface area contributed by atoms with Gasteiger partial charge in [0, 0.05) is 10.6 Å². The number of hydrogen-bond acceptors (Lipinski definition) is 1. The predicted molar refractivity (Wildman–Crippen MR) is 77.6 cm³/mol. The third kappa shape index (κ3) is 3.66. The molecule has 0 heterocycles. The fourth-order valence-corrected chi connectivity index (χ4v) is 5.45. The van der Waals surface area contributed by atoms with Crippen LogP contribution in [0, 0.1) is 0 Å². The van der Waals surface area contributed by atoms with Gasteiger partial charge in [-0.15, -0.1) is 0 Å². The molecule has 2 aromatic rings. The summed E-state index contributed by atoms with van der Waals surface area (Å²) >= 11 is -1.04. The molecule has 0 radical (unpaired) electrons. The van der Waals surface area contributed by atoms with Gasteiger partial charge < -0.3 is 3.58 Å². The van der Waals surface area contributed by atoms with Crippen molar-refractivity contribution in [2.75, 3.05) is 0 Å². The maximum atomic E-state index is 6.23. The van der Waals surface area contributed by atoms with E-state index in [0.717, 1.165) is 0 Å². The van der Waals surface area contributed by atoms with Crippen LogP contribution in [0.2, 0.25) is 11.6 Å². The maximum Gasteiger partial charge on any atom is 0.458 e. The monoisotopic (exact) mass is 258 g/mol. The van der Waals surface area contributed by atoms with Gasteiger partial charge in [-0.1, -0.05) is 72.2 Å². The summed E-state index contributed by atoms with van der Waals surface area (Å²) in [6.07, 6.45) is 0. The van der Waals surface area contributed by atoms with E-state index in [2.05, 4.69) is 72.2 Å². The number of hydrogen-bond donors (Lipinski definition) is 0. The zero-order chi connectivity index (χ0) is 12.1. The van der Waals surface area contributed by atoms with Crippen LogP contribution in [0.3, 0.4) is 0 Å². The largest absolute Gasteiger partial charge is 0.473 e. The second-order valence-electron chi connectivity index (χ2n) is 4.12. The molecule has 0 fully saturated rings. The minimum absolute atomic E-state index is 0.629. The van der Waals surface area contributed by atoms with E-state index in [-0.39, 0.29) is 0 Å². The highest BCUT2D eigenvalue weighted by Crippen LogP contribution is 2.35. The number of benzene rings is 2. The fourth-order valence-electron chi connectivity index (χ4n) is 1.61. The van der Waals surface area contributed by atoms with E-state index < -0.39 is 22.6 Å². The van der Waals surface area contributed by atoms with E-state index >= 15 is 0 Å². The molecule has 0 spiro atoms. The van der Waals surface area contributed by atoms with Gasteiger partial charge in [0.15, 0.2) is 0 Å². The van der Waals surface area contributed by atoms with Crippen molar-refractivity contribution >= 4 is 33.2 Å². The first-order chi connectivity index (χ1) is 8.27. The maximum absolute atomic E-state index is 6.23. The Labute approximate surface area is 109 Å². The molecule has 17 heavy (non-hydrogen) atoms. The average Bonchev–Trinajstić information content (AvgIpc) is 2.38. The van der Waals surface area contributed by atoms with Crippen molar-refractivity contribution in [1.82, 2.24) is 0 Å². The van der Waals surface area contributed by atoms with Crippen LogP contribution < -0.4 is 10.6 Å². The first kappa shape index (κ1) is 12.8. The molecule has 1 nitrogen and oxygen atoms in total. The van der Waals surface area contributed by atoms with E-state index in [1.165, 1.54) is 10.6 Å². The highest BCUT2D eigenvalue weighted by molar-refractivity contribution is 7.69. The molecular weight excluding hydrogens is 242 g/mol. The van der Waals surface area contributed by atoms with Crippen LogP contribution in [0.25, 0.3) is 0 Å². The van der Waals surface area contributed by atoms with Crippen LogP contribution in [0.1, 0.15) is 0 Å². The van der Waals surface area contributed by atoms with Gasteiger partial charge in [0.05, 0.1) is 8.15 Å². The summed E-state index contributed by atoms with van der Waals surface area (Å²) in [5.41, 5.74) is 0. The quantitative estimate of drug-likeness (QED) is 0.604. The summed E-state index contributed by atoms with van der Waals surface area (Å²) in [6.45, 7) is 0. The number of rotatable bonds is 4. The van der Waals surface area contributed by atoms with E-state index in [4.69, 9.17) is 3.58 Å². The van der Waals surface area contributed by atoms with Crippen LogP contribution >= 0.6 is 8.15 Å². The Morgan fingerprint density at radius 3 is 1.53 bits per heavy atom. The standard InChI is InChI=1S/C12H10OP.2CH3.Al/c13-14(11-7-3-1-4-8-11)12-9-5-2-6-10-12;;;/h1-10H;2*1H3;/q-1;;;+1. The van der Waals surface area contributed by atoms with Crippen molar-refractivity contribution in [3.63, 3.8) is 0 Å². The summed E-state index contributed by atoms with van der Waals surface area (Å²) in [6, 6.07) is 21.1. The van der Waals surface area contributed by atoms with Gasteiger partial charge >= 0.3 is 14.5 Å². The Hall–Kier alpha value is -0.638. The second kappa shape index (κ2) is 6.34. The van der Waals surface area contributed by atoms with Crippen molar-refractivity contribution in [3.8, 4) is 0 Å². The van der Waals surface area contributed by atoms with Crippen LogP contribution in [0.5, 0.6) is 0 Å². The SMILES string of the molecule is [CH3][Al]([CH3])[O]P(c1ccccc1)c1ccccc1. The molecule has 0 atom stereocenters. The van der Waals surface area contributed by atoms with E-state index in [0.29, 0.717) is 0 Å². The first-order valence-electron chi connectivity index (χ1n) is 5.84. The molecular formula is C14H16AlOP. The van der Waals surface area contributed by atoms with Crippen molar-refractivity contribution in [3.05, 3.63) is 60.7 Å². The third-order valence-corrected chi connectivity index (χ3v) is 6.36. The lowest BCUT2D eigenvalue weighted by Crippen LogP contribution is -2.18. The minimum Gasteiger partial charge on any atom is -0.473 e. The van der Waals surface area contributed by atoms with Gasteiger partial charge in [-0.25, -0.2) is 0 Å². The van der Waals surface area contributed by atoms with E-state index in [1.807, 2.05) is 0 Å². The zero-order valence-corrected chi connectivity index (χ0v) is 12.3. The summed E-state index contributed by atoms with van der Waals surface area (Å²) in [4.78, 5) is 0. The van der Waals surface area contributed by atoms with Crippen LogP contribution in [0.15, 0.2) is 60.7 Å². The van der Waals surface area contributed by atoms with Gasteiger partial charge in [0.1, 0.15) is 0 Å². The topological polar surface area (TPSA) is 9.23 Å². The molecule has 0 aliphatic rings. The smallest absolute Gasteiger partial charge is 0.458 e. The van der Waals surface area contributed by atoms with Crippen molar-refractivity contribution in [2.45, 2.75) is 11.6 Å². The van der Waals surface area contributed by atoms with Crippen LogP contribution in [-0.2, 0) is 3.58 Å².